The predicted molar refractivity (Wildman–Crippen MR) is 116 cm³/mol. The summed E-state index contributed by atoms with van der Waals surface area (Å²) >= 11 is 0. The normalized spacial score (nSPS) is 15.1. The van der Waals surface area contributed by atoms with Crippen LogP contribution >= 0.6 is 0 Å². The zero-order valence-electron chi connectivity index (χ0n) is 17.6. The molecule has 0 spiro atoms. The van der Waals surface area contributed by atoms with E-state index in [0.29, 0.717) is 22.7 Å². The van der Waals surface area contributed by atoms with Crippen molar-refractivity contribution in [2.24, 2.45) is 0 Å². The number of nitrogens with one attached hydrogen (secondary N) is 1. The zero-order chi connectivity index (χ0) is 21.7. The van der Waals surface area contributed by atoms with Crippen LogP contribution in [-0.2, 0) is 10.0 Å². The Balaban J connectivity index is 1.76. The first kappa shape index (κ1) is 22.1. The second-order valence-corrected chi connectivity index (χ2v) is 9.36. The molecule has 0 radical (unpaired) electrons. The lowest BCUT2D eigenvalue weighted by Gasteiger charge is -2.30. The molecule has 0 bridgehead atoms. The van der Waals surface area contributed by atoms with Crippen LogP contribution in [0.1, 0.15) is 42.5 Å². The molecule has 1 saturated carbocycles. The molecule has 1 aliphatic carbocycles. The van der Waals surface area contributed by atoms with Crippen LogP contribution in [0, 0.1) is 0 Å². The van der Waals surface area contributed by atoms with Crippen molar-refractivity contribution >= 4 is 21.6 Å². The molecule has 0 atom stereocenters. The molecule has 1 N–H and O–H groups in total. The Hall–Kier alpha value is -2.58. The number of carbonyl (C=O) groups excluding carboxylic acids is 1. The van der Waals surface area contributed by atoms with Crippen LogP contribution in [0.15, 0.2) is 47.4 Å². The Morgan fingerprint density at radius 2 is 1.67 bits per heavy atom. The standard InChI is InChI=1S/C22H28N2O5S/c1-24(17-7-5-4-6-8-17)30(26,27)19-12-9-16(10-13-19)22(25)23-20-15-18(28-2)11-14-21(20)29-3/h9-15,17H,4-8H2,1-3H3,(H,23,25). The number of sulfonamides is 1. The minimum absolute atomic E-state index is 0.0345. The predicted octanol–water partition coefficient (Wildman–Crippen LogP) is 3.91. The largest absolute Gasteiger partial charge is 0.497 e. The highest BCUT2D eigenvalue weighted by atomic mass is 32.2. The highest BCUT2D eigenvalue weighted by Gasteiger charge is 2.29. The topological polar surface area (TPSA) is 84.9 Å². The van der Waals surface area contributed by atoms with E-state index >= 15 is 0 Å². The van der Waals surface area contributed by atoms with Crippen molar-refractivity contribution in [2.75, 3.05) is 26.6 Å². The summed E-state index contributed by atoms with van der Waals surface area (Å²) in [6.45, 7) is 0. The molecule has 0 saturated heterocycles. The van der Waals surface area contributed by atoms with Gasteiger partial charge in [0.05, 0.1) is 24.8 Å². The minimum atomic E-state index is -3.59. The van der Waals surface area contributed by atoms with Gasteiger partial charge in [0.1, 0.15) is 11.5 Å². The molecule has 1 fully saturated rings. The van der Waals surface area contributed by atoms with Gasteiger partial charge in [0.2, 0.25) is 10.0 Å². The molecule has 0 unspecified atom stereocenters. The zero-order valence-corrected chi connectivity index (χ0v) is 18.4. The average Bonchev–Trinajstić information content (AvgIpc) is 2.79. The molecule has 7 nitrogen and oxygen atoms in total. The molecule has 2 aromatic carbocycles. The maximum absolute atomic E-state index is 13.0. The Bertz CT molecular complexity index is 983. The third-order valence-corrected chi connectivity index (χ3v) is 7.46. The lowest BCUT2D eigenvalue weighted by Crippen LogP contribution is -2.38. The third kappa shape index (κ3) is 4.76. The van der Waals surface area contributed by atoms with Gasteiger partial charge in [-0.05, 0) is 49.2 Å². The van der Waals surface area contributed by atoms with Gasteiger partial charge in [-0.2, -0.15) is 4.31 Å². The van der Waals surface area contributed by atoms with Gasteiger partial charge in [0.15, 0.2) is 0 Å². The Morgan fingerprint density at radius 1 is 1.00 bits per heavy atom. The number of carbonyl (C=O) groups is 1. The number of benzene rings is 2. The molecular weight excluding hydrogens is 404 g/mol. The molecule has 0 aromatic heterocycles. The van der Waals surface area contributed by atoms with Crippen molar-refractivity contribution in [3.05, 3.63) is 48.0 Å². The molecule has 1 aliphatic rings. The number of ether oxygens (including phenoxy) is 2. The van der Waals surface area contributed by atoms with Crippen LogP contribution in [0.5, 0.6) is 11.5 Å². The molecule has 2 aromatic rings. The fourth-order valence-corrected chi connectivity index (χ4v) is 5.11. The van der Waals surface area contributed by atoms with E-state index in [0.717, 1.165) is 32.1 Å². The van der Waals surface area contributed by atoms with Crippen LogP contribution in [0.3, 0.4) is 0 Å². The molecule has 0 heterocycles. The van der Waals surface area contributed by atoms with Crippen molar-refractivity contribution in [3.63, 3.8) is 0 Å². The number of anilines is 1. The molecule has 1 amide bonds. The summed E-state index contributed by atoms with van der Waals surface area (Å²) in [5, 5.41) is 2.78. The van der Waals surface area contributed by atoms with Crippen molar-refractivity contribution in [2.45, 2.75) is 43.0 Å². The van der Waals surface area contributed by atoms with E-state index in [4.69, 9.17) is 9.47 Å². The Labute approximate surface area is 178 Å². The van der Waals surface area contributed by atoms with Gasteiger partial charge in [0, 0.05) is 24.7 Å². The molecule has 0 aliphatic heterocycles. The summed E-state index contributed by atoms with van der Waals surface area (Å²) in [6.07, 6.45) is 5.04. The number of methoxy groups -OCH3 is 2. The molecule has 3 rings (SSSR count). The number of amides is 1. The average molecular weight is 433 g/mol. The fourth-order valence-electron chi connectivity index (χ4n) is 3.69. The van der Waals surface area contributed by atoms with Gasteiger partial charge in [0.25, 0.3) is 5.91 Å². The van der Waals surface area contributed by atoms with Crippen LogP contribution in [0.4, 0.5) is 5.69 Å². The highest BCUT2D eigenvalue weighted by molar-refractivity contribution is 7.89. The number of nitrogens with zero attached hydrogens (tertiary/aromatic N) is 1. The molecule has 162 valence electrons. The lowest BCUT2D eigenvalue weighted by molar-refractivity contribution is 0.102. The summed E-state index contributed by atoms with van der Waals surface area (Å²) in [4.78, 5) is 12.8. The van der Waals surface area contributed by atoms with E-state index in [1.165, 1.54) is 42.8 Å². The quantitative estimate of drug-likeness (QED) is 0.717. The Kier molecular flexibility index (Phi) is 6.99. The number of hydrogen-bond acceptors (Lipinski definition) is 5. The van der Waals surface area contributed by atoms with Crippen LogP contribution in [-0.4, -0.2) is 45.9 Å². The van der Waals surface area contributed by atoms with E-state index in [-0.39, 0.29) is 16.8 Å². The van der Waals surface area contributed by atoms with Crippen molar-refractivity contribution in [1.82, 2.24) is 4.31 Å². The van der Waals surface area contributed by atoms with Gasteiger partial charge in [-0.3, -0.25) is 4.79 Å². The first-order valence-electron chi connectivity index (χ1n) is 9.98. The van der Waals surface area contributed by atoms with Gasteiger partial charge >= 0.3 is 0 Å². The summed E-state index contributed by atoms with van der Waals surface area (Å²) in [7, 11) is 1.10. The maximum Gasteiger partial charge on any atom is 0.255 e. The Morgan fingerprint density at radius 3 is 2.27 bits per heavy atom. The van der Waals surface area contributed by atoms with Crippen molar-refractivity contribution < 1.29 is 22.7 Å². The first-order chi connectivity index (χ1) is 14.4. The van der Waals surface area contributed by atoms with Crippen molar-refractivity contribution in [1.29, 1.82) is 0 Å². The third-order valence-electron chi connectivity index (χ3n) is 5.54. The maximum atomic E-state index is 13.0. The van der Waals surface area contributed by atoms with Gasteiger partial charge in [-0.15, -0.1) is 0 Å². The van der Waals surface area contributed by atoms with Crippen molar-refractivity contribution in [3.8, 4) is 11.5 Å². The van der Waals surface area contributed by atoms with E-state index in [1.54, 1.807) is 25.2 Å². The van der Waals surface area contributed by atoms with E-state index in [1.807, 2.05) is 0 Å². The summed E-state index contributed by atoms with van der Waals surface area (Å²) in [5.74, 6) is 0.710. The second kappa shape index (κ2) is 9.49. The van der Waals surface area contributed by atoms with E-state index in [2.05, 4.69) is 5.32 Å². The fraction of sp³-hybridized carbons (Fsp3) is 0.409. The van der Waals surface area contributed by atoms with Crippen LogP contribution in [0.2, 0.25) is 0 Å². The monoisotopic (exact) mass is 432 g/mol. The highest BCUT2D eigenvalue weighted by Crippen LogP contribution is 2.30. The smallest absolute Gasteiger partial charge is 0.255 e. The molecule has 30 heavy (non-hydrogen) atoms. The molecular formula is C22H28N2O5S. The summed E-state index contributed by atoms with van der Waals surface area (Å²) in [6, 6.07) is 11.1. The van der Waals surface area contributed by atoms with Gasteiger partial charge < -0.3 is 14.8 Å². The lowest BCUT2D eigenvalue weighted by atomic mass is 9.96. The first-order valence-corrected chi connectivity index (χ1v) is 11.4. The minimum Gasteiger partial charge on any atom is -0.497 e. The van der Waals surface area contributed by atoms with Gasteiger partial charge in [-0.1, -0.05) is 19.3 Å². The SMILES string of the molecule is COc1ccc(OC)c(NC(=O)c2ccc(S(=O)(=O)N(C)C3CCCCC3)cc2)c1. The van der Waals surface area contributed by atoms with Crippen LogP contribution < -0.4 is 14.8 Å². The van der Waals surface area contributed by atoms with E-state index in [9.17, 15) is 13.2 Å². The van der Waals surface area contributed by atoms with Crippen LogP contribution in [0.25, 0.3) is 0 Å². The van der Waals surface area contributed by atoms with Gasteiger partial charge in [-0.25, -0.2) is 8.42 Å². The molecule has 8 heteroatoms. The number of rotatable bonds is 7. The second-order valence-electron chi connectivity index (χ2n) is 7.36. The van der Waals surface area contributed by atoms with E-state index < -0.39 is 10.0 Å². The summed E-state index contributed by atoms with van der Waals surface area (Å²) in [5.41, 5.74) is 0.815. The number of hydrogen-bond donors (Lipinski definition) is 1. The summed E-state index contributed by atoms with van der Waals surface area (Å²) < 4.78 is 37.8.